The van der Waals surface area contributed by atoms with Crippen LogP contribution in [0.5, 0.6) is 5.75 Å². The Labute approximate surface area is 152 Å². The number of aryl methyl sites for hydroxylation is 1. The largest absolute Gasteiger partial charge is 0.494 e. The molecule has 0 spiro atoms. The van der Waals surface area contributed by atoms with E-state index in [0.29, 0.717) is 6.61 Å². The number of hydrogen-bond acceptors (Lipinski definition) is 2. The summed E-state index contributed by atoms with van der Waals surface area (Å²) in [5.41, 5.74) is 3.77. The highest BCUT2D eigenvalue weighted by atomic mass is 16.5. The fraction of sp³-hybridized carbons (Fsp3) is 0.478. The summed E-state index contributed by atoms with van der Waals surface area (Å²) in [6, 6.07) is 16.9. The van der Waals surface area contributed by atoms with E-state index in [1.54, 1.807) is 0 Å². The van der Waals surface area contributed by atoms with Crippen LogP contribution in [0.1, 0.15) is 51.0 Å². The van der Waals surface area contributed by atoms with Gasteiger partial charge in [-0.2, -0.15) is 0 Å². The van der Waals surface area contributed by atoms with E-state index in [0.717, 1.165) is 31.1 Å². The van der Waals surface area contributed by atoms with Gasteiger partial charge < -0.3 is 9.84 Å². The summed E-state index contributed by atoms with van der Waals surface area (Å²) >= 11 is 0. The third-order valence-corrected chi connectivity index (χ3v) is 4.77. The van der Waals surface area contributed by atoms with Crippen LogP contribution in [0.4, 0.5) is 0 Å². The van der Waals surface area contributed by atoms with Gasteiger partial charge in [0.25, 0.3) is 0 Å². The van der Waals surface area contributed by atoms with E-state index < -0.39 is 0 Å². The van der Waals surface area contributed by atoms with E-state index in [1.807, 2.05) is 12.1 Å². The van der Waals surface area contributed by atoms with Crippen LogP contribution in [0.15, 0.2) is 48.5 Å². The van der Waals surface area contributed by atoms with Crippen molar-refractivity contribution in [3.63, 3.8) is 0 Å². The van der Waals surface area contributed by atoms with Crippen LogP contribution >= 0.6 is 0 Å². The van der Waals surface area contributed by atoms with Gasteiger partial charge in [-0.05, 0) is 48.9 Å². The molecule has 1 aliphatic carbocycles. The first-order chi connectivity index (χ1) is 12.2. The van der Waals surface area contributed by atoms with Crippen LogP contribution < -0.4 is 4.74 Å². The minimum absolute atomic E-state index is 0.394. The number of hydrogen-bond donors (Lipinski definition) is 1. The van der Waals surface area contributed by atoms with E-state index in [1.165, 1.54) is 42.4 Å². The normalized spacial score (nSPS) is 13.6. The van der Waals surface area contributed by atoms with Crippen molar-refractivity contribution >= 4 is 0 Å². The maximum Gasteiger partial charge on any atom is 0.119 e. The van der Waals surface area contributed by atoms with Crippen LogP contribution in [0.25, 0.3) is 11.1 Å². The lowest BCUT2D eigenvalue weighted by molar-refractivity contribution is 0.208. The molecule has 2 heteroatoms. The first-order valence-corrected chi connectivity index (χ1v) is 9.63. The van der Waals surface area contributed by atoms with Crippen molar-refractivity contribution in [3.05, 3.63) is 54.1 Å². The zero-order valence-electron chi connectivity index (χ0n) is 15.7. The fourth-order valence-corrected chi connectivity index (χ4v) is 2.79. The van der Waals surface area contributed by atoms with Crippen molar-refractivity contribution in [2.45, 2.75) is 52.4 Å². The molecule has 0 atom stereocenters. The molecule has 136 valence electrons. The molecule has 0 aliphatic heterocycles. The second-order valence-corrected chi connectivity index (χ2v) is 6.90. The van der Waals surface area contributed by atoms with Crippen molar-refractivity contribution in [1.29, 1.82) is 0 Å². The number of aliphatic hydroxyl groups is 1. The number of rotatable bonds is 7. The highest BCUT2D eigenvalue weighted by molar-refractivity contribution is 5.64. The summed E-state index contributed by atoms with van der Waals surface area (Å²) in [7, 11) is 0. The topological polar surface area (TPSA) is 29.5 Å². The third-order valence-electron chi connectivity index (χ3n) is 4.77. The van der Waals surface area contributed by atoms with Gasteiger partial charge in [-0.3, -0.25) is 0 Å². The second kappa shape index (κ2) is 10.9. The summed E-state index contributed by atoms with van der Waals surface area (Å²) < 4.78 is 5.66. The van der Waals surface area contributed by atoms with Gasteiger partial charge in [-0.25, -0.2) is 0 Å². The summed E-state index contributed by atoms with van der Waals surface area (Å²) in [4.78, 5) is 0. The Morgan fingerprint density at radius 1 is 0.960 bits per heavy atom. The first-order valence-electron chi connectivity index (χ1n) is 9.63. The standard InChI is InChI=1S/C17H20O.C6H12O/c1-3-4-13-18-17-11-9-16(10-12-17)15-7-5-14(2)6-8-15;7-5-4-6-2-1-3-6/h5-12H,3-4,13H2,1-2H3;6-7H,1-5H2. The Bertz CT molecular complexity index is 582. The summed E-state index contributed by atoms with van der Waals surface area (Å²) in [5, 5.41) is 8.40. The molecule has 1 fully saturated rings. The predicted octanol–water partition coefficient (Wildman–Crippen LogP) is 6.01. The summed E-state index contributed by atoms with van der Waals surface area (Å²) in [6.45, 7) is 5.48. The van der Waals surface area contributed by atoms with E-state index in [9.17, 15) is 0 Å². The van der Waals surface area contributed by atoms with Gasteiger partial charge in [0.2, 0.25) is 0 Å². The minimum atomic E-state index is 0.394. The smallest absolute Gasteiger partial charge is 0.119 e. The Morgan fingerprint density at radius 2 is 1.56 bits per heavy atom. The molecule has 0 saturated heterocycles. The van der Waals surface area contributed by atoms with Gasteiger partial charge in [0.1, 0.15) is 5.75 Å². The Balaban J connectivity index is 0.000000269. The van der Waals surface area contributed by atoms with Gasteiger partial charge in [0.05, 0.1) is 6.61 Å². The molecule has 3 rings (SSSR count). The molecule has 0 heterocycles. The highest BCUT2D eigenvalue weighted by Crippen LogP contribution is 2.28. The van der Waals surface area contributed by atoms with Crippen molar-refractivity contribution in [1.82, 2.24) is 0 Å². The molecular weight excluding hydrogens is 308 g/mol. The Hall–Kier alpha value is -1.80. The summed E-state index contributed by atoms with van der Waals surface area (Å²) in [6.07, 6.45) is 7.44. The monoisotopic (exact) mass is 340 g/mol. The van der Waals surface area contributed by atoms with Gasteiger partial charge >= 0.3 is 0 Å². The lowest BCUT2D eigenvalue weighted by atomic mass is 9.83. The molecule has 0 aromatic heterocycles. The fourth-order valence-electron chi connectivity index (χ4n) is 2.79. The van der Waals surface area contributed by atoms with Crippen LogP contribution in [0.2, 0.25) is 0 Å². The maximum absolute atomic E-state index is 8.40. The van der Waals surface area contributed by atoms with Crippen LogP contribution in [-0.2, 0) is 0 Å². The molecule has 2 aromatic carbocycles. The van der Waals surface area contributed by atoms with Crippen molar-refractivity contribution in [3.8, 4) is 16.9 Å². The SMILES string of the molecule is CCCCOc1ccc(-c2ccc(C)cc2)cc1.OCCC1CCC1. The maximum atomic E-state index is 8.40. The minimum Gasteiger partial charge on any atom is -0.494 e. The quantitative estimate of drug-likeness (QED) is 0.625. The van der Waals surface area contributed by atoms with Crippen molar-refractivity contribution in [2.24, 2.45) is 5.92 Å². The number of ether oxygens (including phenoxy) is 1. The Kier molecular flexibility index (Phi) is 8.54. The highest BCUT2D eigenvalue weighted by Gasteiger charge is 2.15. The van der Waals surface area contributed by atoms with Crippen LogP contribution in [-0.4, -0.2) is 18.3 Å². The third kappa shape index (κ3) is 6.91. The molecule has 1 N–H and O–H groups in total. The molecule has 1 aliphatic rings. The zero-order chi connectivity index (χ0) is 17.9. The summed E-state index contributed by atoms with van der Waals surface area (Å²) in [5.74, 6) is 1.84. The predicted molar refractivity (Wildman–Crippen MR) is 106 cm³/mol. The number of unbranched alkanes of at least 4 members (excludes halogenated alkanes) is 1. The number of benzene rings is 2. The molecule has 1 saturated carbocycles. The van der Waals surface area contributed by atoms with Gasteiger partial charge in [0.15, 0.2) is 0 Å². The first kappa shape index (κ1) is 19.5. The average molecular weight is 341 g/mol. The average Bonchev–Trinajstić information content (AvgIpc) is 2.60. The molecule has 0 amide bonds. The van der Waals surface area contributed by atoms with Gasteiger partial charge in [0, 0.05) is 6.61 Å². The molecular formula is C23H32O2. The molecule has 0 radical (unpaired) electrons. The van der Waals surface area contributed by atoms with Crippen LogP contribution in [0, 0.1) is 12.8 Å². The van der Waals surface area contributed by atoms with Crippen molar-refractivity contribution in [2.75, 3.05) is 13.2 Å². The van der Waals surface area contributed by atoms with Gasteiger partial charge in [-0.1, -0.05) is 74.6 Å². The molecule has 0 unspecified atom stereocenters. The lowest BCUT2D eigenvalue weighted by Gasteiger charge is -2.23. The molecule has 2 nitrogen and oxygen atoms in total. The zero-order valence-corrected chi connectivity index (χ0v) is 15.7. The van der Waals surface area contributed by atoms with Crippen LogP contribution in [0.3, 0.4) is 0 Å². The van der Waals surface area contributed by atoms with E-state index in [-0.39, 0.29) is 0 Å². The Morgan fingerprint density at radius 3 is 2.00 bits per heavy atom. The van der Waals surface area contributed by atoms with E-state index in [4.69, 9.17) is 9.84 Å². The second-order valence-electron chi connectivity index (χ2n) is 6.90. The molecule has 0 bridgehead atoms. The molecule has 2 aromatic rings. The van der Waals surface area contributed by atoms with Gasteiger partial charge in [-0.15, -0.1) is 0 Å². The molecule has 25 heavy (non-hydrogen) atoms. The lowest BCUT2D eigenvalue weighted by Crippen LogP contribution is -2.11. The number of aliphatic hydroxyl groups excluding tert-OH is 1. The van der Waals surface area contributed by atoms with Crippen molar-refractivity contribution < 1.29 is 9.84 Å². The van der Waals surface area contributed by atoms with E-state index in [2.05, 4.69) is 50.2 Å². The van der Waals surface area contributed by atoms with E-state index >= 15 is 0 Å².